The van der Waals surface area contributed by atoms with Gasteiger partial charge in [0.1, 0.15) is 17.8 Å². The van der Waals surface area contributed by atoms with Crippen LogP contribution in [-0.2, 0) is 4.79 Å². The zero-order valence-corrected chi connectivity index (χ0v) is 20.0. The number of pyridine rings is 1. The van der Waals surface area contributed by atoms with Crippen LogP contribution in [0.15, 0.2) is 84.4 Å². The summed E-state index contributed by atoms with van der Waals surface area (Å²) in [7, 11) is 0. The van der Waals surface area contributed by atoms with Gasteiger partial charge in [0.25, 0.3) is 0 Å². The molecule has 36 heavy (non-hydrogen) atoms. The number of nitrogens with zero attached hydrogens (tertiary/aromatic N) is 5. The predicted octanol–water partition coefficient (Wildman–Crippen LogP) is 5.51. The Kier molecular flexibility index (Phi) is 4.39. The number of ether oxygens (including phenoxy) is 1. The van der Waals surface area contributed by atoms with Crippen molar-refractivity contribution >= 4 is 22.3 Å². The lowest BCUT2D eigenvalue weighted by Crippen LogP contribution is -2.33. The van der Waals surface area contributed by atoms with Gasteiger partial charge in [-0.05, 0) is 23.1 Å². The van der Waals surface area contributed by atoms with Gasteiger partial charge in [-0.25, -0.2) is 19.5 Å². The molecule has 0 radical (unpaired) electrons. The van der Waals surface area contributed by atoms with Crippen molar-refractivity contribution in [2.24, 2.45) is 5.41 Å². The van der Waals surface area contributed by atoms with E-state index < -0.39 is 0 Å². The fourth-order valence-electron chi connectivity index (χ4n) is 5.42. The second-order valence-corrected chi connectivity index (χ2v) is 10.3. The van der Waals surface area contributed by atoms with Gasteiger partial charge in [-0.3, -0.25) is 4.79 Å². The van der Waals surface area contributed by atoms with Crippen molar-refractivity contribution < 1.29 is 9.53 Å². The molecule has 2 aliphatic rings. The minimum absolute atomic E-state index is 0.110. The minimum atomic E-state index is -0.327. The summed E-state index contributed by atoms with van der Waals surface area (Å²) >= 11 is 0. The number of carbonyl (C=O) groups excluding carboxylic acids is 1. The number of benzene rings is 2. The Bertz CT molecular complexity index is 1720. The highest BCUT2D eigenvalue weighted by atomic mass is 16.5. The van der Waals surface area contributed by atoms with E-state index in [1.165, 1.54) is 0 Å². The first-order valence-corrected chi connectivity index (χ1v) is 12.1. The molecule has 7 heteroatoms. The smallest absolute Gasteiger partial charge is 0.228 e. The second-order valence-electron chi connectivity index (χ2n) is 10.3. The van der Waals surface area contributed by atoms with Crippen LogP contribution >= 0.6 is 0 Å². The quantitative estimate of drug-likeness (QED) is 0.336. The van der Waals surface area contributed by atoms with Crippen molar-refractivity contribution in [1.29, 1.82) is 0 Å². The first-order valence-electron chi connectivity index (χ1n) is 12.1. The van der Waals surface area contributed by atoms with Gasteiger partial charge in [-0.2, -0.15) is 0 Å². The zero-order chi connectivity index (χ0) is 24.4. The van der Waals surface area contributed by atoms with Crippen molar-refractivity contribution in [2.45, 2.75) is 32.6 Å². The monoisotopic (exact) mass is 473 g/mol. The molecule has 7 nitrogen and oxygen atoms in total. The topological polar surface area (TPSA) is 82.3 Å². The fraction of sp³-hybridized carbons (Fsp3) is 0.207. The summed E-state index contributed by atoms with van der Waals surface area (Å²) in [6.45, 7) is 4.20. The molecule has 1 atom stereocenters. The van der Waals surface area contributed by atoms with Gasteiger partial charge in [0.15, 0.2) is 11.4 Å². The number of ketones is 1. The number of Topliss-reactive ketones (excluding diaryl/α,β-unsaturated/α-hetero) is 1. The van der Waals surface area contributed by atoms with Gasteiger partial charge < -0.3 is 4.74 Å². The van der Waals surface area contributed by atoms with Crippen molar-refractivity contribution in [3.8, 4) is 17.4 Å². The number of aromatic nitrogens is 5. The zero-order valence-electron chi connectivity index (χ0n) is 20.0. The standard InChI is InChI=1S/C29H23N5O2/c1-29(2)14-21(35)24-22(15-29)36-28-25(23(24)18-9-4-3-5-10-18)27-32-26(33-34(27)16-30-28)20-13-12-17-8-6-7-11-19(17)31-20/h3-13,16,23H,14-15H2,1-2H3/t23-/m0/s1. The fourth-order valence-corrected chi connectivity index (χ4v) is 5.42. The molecule has 0 amide bonds. The largest absolute Gasteiger partial charge is 0.442 e. The number of para-hydroxylation sites is 1. The first-order chi connectivity index (χ1) is 17.5. The molecule has 1 aliphatic carbocycles. The summed E-state index contributed by atoms with van der Waals surface area (Å²) < 4.78 is 7.99. The van der Waals surface area contributed by atoms with Crippen LogP contribution in [0.4, 0.5) is 0 Å². The van der Waals surface area contributed by atoms with Crippen LogP contribution in [0, 0.1) is 5.41 Å². The van der Waals surface area contributed by atoms with Crippen LogP contribution in [0.3, 0.4) is 0 Å². The highest BCUT2D eigenvalue weighted by Crippen LogP contribution is 2.50. The number of hydrogen-bond donors (Lipinski definition) is 0. The van der Waals surface area contributed by atoms with Gasteiger partial charge in [0.2, 0.25) is 11.7 Å². The van der Waals surface area contributed by atoms with E-state index in [4.69, 9.17) is 19.8 Å². The van der Waals surface area contributed by atoms with Crippen LogP contribution in [0.5, 0.6) is 5.88 Å². The lowest BCUT2D eigenvalue weighted by molar-refractivity contribution is -0.118. The molecule has 1 aliphatic heterocycles. The molecule has 7 rings (SSSR count). The summed E-state index contributed by atoms with van der Waals surface area (Å²) in [6, 6.07) is 21.9. The molecule has 0 spiro atoms. The number of rotatable bonds is 2. The van der Waals surface area contributed by atoms with E-state index >= 15 is 0 Å². The molecule has 176 valence electrons. The highest BCUT2D eigenvalue weighted by molar-refractivity contribution is 6.00. The predicted molar refractivity (Wildman–Crippen MR) is 135 cm³/mol. The van der Waals surface area contributed by atoms with E-state index in [1.54, 1.807) is 10.8 Å². The lowest BCUT2D eigenvalue weighted by atomic mass is 9.70. The maximum Gasteiger partial charge on any atom is 0.228 e. The van der Waals surface area contributed by atoms with Gasteiger partial charge in [0, 0.05) is 29.7 Å². The Morgan fingerprint density at radius 2 is 1.75 bits per heavy atom. The molecule has 0 unspecified atom stereocenters. The van der Waals surface area contributed by atoms with E-state index in [9.17, 15) is 4.79 Å². The molecule has 0 saturated heterocycles. The van der Waals surface area contributed by atoms with E-state index in [0.717, 1.165) is 22.0 Å². The molecular weight excluding hydrogens is 450 g/mol. The van der Waals surface area contributed by atoms with Gasteiger partial charge in [-0.1, -0.05) is 68.4 Å². The molecular formula is C29H23N5O2. The van der Waals surface area contributed by atoms with Crippen molar-refractivity contribution in [3.63, 3.8) is 0 Å². The molecule has 0 N–H and O–H groups in total. The molecule has 0 bridgehead atoms. The lowest BCUT2D eigenvalue weighted by Gasteiger charge is -2.37. The SMILES string of the molecule is CC1(C)CC(=O)C2=C(C1)Oc1ncn3nc(-c4ccc5ccccc5n4)nc3c1[C@H]2c1ccccc1. The average Bonchev–Trinajstić information content (AvgIpc) is 3.32. The van der Waals surface area contributed by atoms with E-state index in [2.05, 4.69) is 18.8 Å². The third kappa shape index (κ3) is 3.23. The Hall–Kier alpha value is -4.39. The minimum Gasteiger partial charge on any atom is -0.442 e. The van der Waals surface area contributed by atoms with Gasteiger partial charge in [-0.15, -0.1) is 5.10 Å². The van der Waals surface area contributed by atoms with E-state index in [0.29, 0.717) is 47.2 Å². The highest BCUT2D eigenvalue weighted by Gasteiger charge is 2.43. The number of fused-ring (bicyclic) bond motifs is 4. The van der Waals surface area contributed by atoms with Crippen molar-refractivity contribution in [1.82, 2.24) is 24.6 Å². The van der Waals surface area contributed by atoms with E-state index in [-0.39, 0.29) is 17.1 Å². The second kappa shape index (κ2) is 7.55. The number of carbonyl (C=O) groups is 1. The van der Waals surface area contributed by atoms with Crippen LogP contribution < -0.4 is 4.74 Å². The Balaban J connectivity index is 1.45. The Morgan fingerprint density at radius 3 is 2.61 bits per heavy atom. The summed E-state index contributed by atoms with van der Waals surface area (Å²) in [5.74, 6) is 1.47. The average molecular weight is 474 g/mol. The molecule has 0 fully saturated rings. The summed E-state index contributed by atoms with van der Waals surface area (Å²) in [4.78, 5) is 27.8. The summed E-state index contributed by atoms with van der Waals surface area (Å²) in [5, 5.41) is 5.75. The van der Waals surface area contributed by atoms with Crippen LogP contribution in [0.25, 0.3) is 28.1 Å². The normalized spacial score (nSPS) is 18.7. The number of hydrogen-bond acceptors (Lipinski definition) is 6. The van der Waals surface area contributed by atoms with Crippen LogP contribution in [0.2, 0.25) is 0 Å². The van der Waals surface area contributed by atoms with Crippen molar-refractivity contribution in [3.05, 3.63) is 95.5 Å². The Labute approximate surface area is 207 Å². The van der Waals surface area contributed by atoms with Crippen LogP contribution in [0.1, 0.15) is 43.7 Å². The van der Waals surface area contributed by atoms with E-state index in [1.807, 2.05) is 66.7 Å². The van der Waals surface area contributed by atoms with Crippen molar-refractivity contribution in [2.75, 3.05) is 0 Å². The third-order valence-corrected chi connectivity index (χ3v) is 7.02. The maximum atomic E-state index is 13.5. The molecule has 5 aromatic rings. The first kappa shape index (κ1) is 20.9. The summed E-state index contributed by atoms with van der Waals surface area (Å²) in [6.07, 6.45) is 2.78. The molecule has 0 saturated carbocycles. The summed E-state index contributed by atoms with van der Waals surface area (Å²) in [5.41, 5.74) is 4.47. The molecule has 3 aromatic heterocycles. The van der Waals surface area contributed by atoms with Gasteiger partial charge in [0.05, 0.1) is 11.1 Å². The maximum absolute atomic E-state index is 13.5. The number of allylic oxidation sites excluding steroid dienone is 2. The third-order valence-electron chi connectivity index (χ3n) is 7.02. The molecule has 4 heterocycles. The molecule has 2 aromatic carbocycles. The Morgan fingerprint density at radius 1 is 0.944 bits per heavy atom. The van der Waals surface area contributed by atoms with Crippen LogP contribution in [-0.4, -0.2) is 30.3 Å². The van der Waals surface area contributed by atoms with Gasteiger partial charge >= 0.3 is 0 Å².